The molecule has 0 bridgehead atoms. The summed E-state index contributed by atoms with van der Waals surface area (Å²) < 4.78 is 1.57. The zero-order valence-electron chi connectivity index (χ0n) is 23.0. The van der Waals surface area contributed by atoms with Crippen LogP contribution in [0.15, 0.2) is 48.5 Å². The highest BCUT2D eigenvalue weighted by Gasteiger charge is 2.20. The molecule has 0 radical (unpaired) electrons. The minimum absolute atomic E-state index is 0.283. The average molecular weight is 523 g/mol. The average Bonchev–Trinajstić information content (AvgIpc) is 3.08. The molecule has 0 aliphatic heterocycles. The van der Waals surface area contributed by atoms with Gasteiger partial charge in [0.1, 0.15) is 0 Å². The topological polar surface area (TPSA) is 107 Å². The Labute approximate surface area is 230 Å². The number of hydrogen-bond donors (Lipinski definition) is 3. The number of fused-ring (bicyclic) bond motifs is 4. The van der Waals surface area contributed by atoms with Crippen LogP contribution in [0.3, 0.4) is 0 Å². The lowest BCUT2D eigenvalue weighted by atomic mass is 10.0. The minimum Gasteiger partial charge on any atom is -0.368 e. The number of nitrogens with zero attached hydrogens (tertiary/aromatic N) is 5. The standard InChI is InChI=1S/C31H38N8/c1-20(2)16-17-33-25-13-10-21-11-15-26(18-23(21)12-14-25)34-31-35-30(32)39(38-31)28-19-24-8-5-7-22-6-3-4-9-27(22)29(24)37-36-28/h3-4,6,9,11,15,18-20,25,33H,5,7-8,10,12-14,16-17H2,1-2H3,(H3,32,34,35,38)/t25-/m0/s1. The zero-order valence-corrected chi connectivity index (χ0v) is 23.0. The highest BCUT2D eigenvalue weighted by Crippen LogP contribution is 2.31. The summed E-state index contributed by atoms with van der Waals surface area (Å²) in [6.45, 7) is 5.67. The molecule has 8 heteroatoms. The van der Waals surface area contributed by atoms with Crippen molar-refractivity contribution in [2.24, 2.45) is 5.92 Å². The lowest BCUT2D eigenvalue weighted by molar-refractivity contribution is 0.435. The third-order valence-corrected chi connectivity index (χ3v) is 8.02. The Hall–Kier alpha value is -3.78. The van der Waals surface area contributed by atoms with Gasteiger partial charge in [0.05, 0.1) is 5.69 Å². The van der Waals surface area contributed by atoms with E-state index < -0.39 is 0 Å². The molecule has 0 amide bonds. The Kier molecular flexibility index (Phi) is 7.28. The molecular formula is C31H38N8. The first-order valence-electron chi connectivity index (χ1n) is 14.3. The summed E-state index contributed by atoms with van der Waals surface area (Å²) in [5, 5.41) is 20.9. The number of rotatable bonds is 7. The molecule has 4 aromatic rings. The highest BCUT2D eigenvalue weighted by molar-refractivity contribution is 5.68. The number of anilines is 3. The van der Waals surface area contributed by atoms with Crippen molar-refractivity contribution >= 4 is 17.6 Å². The summed E-state index contributed by atoms with van der Waals surface area (Å²) in [5.74, 6) is 2.06. The van der Waals surface area contributed by atoms with Gasteiger partial charge in [0, 0.05) is 17.3 Å². The van der Waals surface area contributed by atoms with E-state index >= 15 is 0 Å². The second-order valence-electron chi connectivity index (χ2n) is 11.3. The number of nitrogen functional groups attached to an aromatic ring is 1. The zero-order chi connectivity index (χ0) is 26.8. The quantitative estimate of drug-likeness (QED) is 0.278. The van der Waals surface area contributed by atoms with Crippen molar-refractivity contribution in [2.45, 2.75) is 71.3 Å². The number of aryl methyl sites for hydroxylation is 4. The van der Waals surface area contributed by atoms with E-state index in [-0.39, 0.29) is 5.95 Å². The number of aromatic nitrogens is 5. The van der Waals surface area contributed by atoms with E-state index in [4.69, 9.17) is 5.73 Å². The van der Waals surface area contributed by atoms with E-state index in [1.807, 2.05) is 6.07 Å². The molecule has 8 nitrogen and oxygen atoms in total. The van der Waals surface area contributed by atoms with Gasteiger partial charge >= 0.3 is 0 Å². The van der Waals surface area contributed by atoms with Gasteiger partial charge in [-0.3, -0.25) is 0 Å². The van der Waals surface area contributed by atoms with Crippen LogP contribution in [0.25, 0.3) is 17.1 Å². The SMILES string of the molecule is CC(C)CCN[C@H]1CCc2ccc(Nc3nc(N)n(-c4cc5c(nn4)-c4ccccc4CCC5)n3)cc2CC1. The van der Waals surface area contributed by atoms with Crippen LogP contribution in [0.1, 0.15) is 61.8 Å². The van der Waals surface area contributed by atoms with Crippen molar-refractivity contribution in [2.75, 3.05) is 17.6 Å². The number of nitrogens with two attached hydrogens (primary N) is 1. The fourth-order valence-electron chi connectivity index (χ4n) is 5.82. The van der Waals surface area contributed by atoms with E-state index in [2.05, 4.69) is 87.2 Å². The first-order chi connectivity index (χ1) is 19.0. The summed E-state index contributed by atoms with van der Waals surface area (Å²) in [5.41, 5.74) is 14.7. The molecule has 39 heavy (non-hydrogen) atoms. The van der Waals surface area contributed by atoms with Gasteiger partial charge < -0.3 is 16.4 Å². The molecule has 0 saturated heterocycles. The summed E-state index contributed by atoms with van der Waals surface area (Å²) in [7, 11) is 0. The molecule has 0 spiro atoms. The van der Waals surface area contributed by atoms with Gasteiger partial charge in [-0.05, 0) is 104 Å². The van der Waals surface area contributed by atoms with Crippen LogP contribution in [0.4, 0.5) is 17.6 Å². The van der Waals surface area contributed by atoms with E-state index in [0.29, 0.717) is 17.8 Å². The predicted octanol–water partition coefficient (Wildman–Crippen LogP) is 5.42. The lowest BCUT2D eigenvalue weighted by Crippen LogP contribution is -2.30. The van der Waals surface area contributed by atoms with Gasteiger partial charge in [-0.1, -0.05) is 44.2 Å². The van der Waals surface area contributed by atoms with Crippen LogP contribution in [0.2, 0.25) is 0 Å². The van der Waals surface area contributed by atoms with Crippen LogP contribution in [-0.4, -0.2) is 37.5 Å². The molecule has 4 N–H and O–H groups in total. The molecule has 2 heterocycles. The molecule has 2 aromatic carbocycles. The molecule has 0 unspecified atom stereocenters. The maximum absolute atomic E-state index is 6.29. The second kappa shape index (κ2) is 11.1. The first-order valence-corrected chi connectivity index (χ1v) is 14.3. The van der Waals surface area contributed by atoms with Crippen molar-refractivity contribution in [3.05, 3.63) is 70.8 Å². The molecule has 0 fully saturated rings. The van der Waals surface area contributed by atoms with Crippen LogP contribution in [-0.2, 0) is 25.7 Å². The monoisotopic (exact) mass is 522 g/mol. The van der Waals surface area contributed by atoms with E-state index in [1.54, 1.807) is 4.68 Å². The summed E-state index contributed by atoms with van der Waals surface area (Å²) in [4.78, 5) is 4.48. The van der Waals surface area contributed by atoms with Crippen LogP contribution < -0.4 is 16.4 Å². The van der Waals surface area contributed by atoms with Crippen molar-refractivity contribution < 1.29 is 0 Å². The van der Waals surface area contributed by atoms with Gasteiger partial charge in [0.2, 0.25) is 11.9 Å². The molecule has 2 aliphatic carbocycles. The molecule has 2 aliphatic rings. The number of nitrogens with one attached hydrogen (secondary N) is 2. The predicted molar refractivity (Wildman–Crippen MR) is 156 cm³/mol. The van der Waals surface area contributed by atoms with Gasteiger partial charge in [0.15, 0.2) is 5.82 Å². The van der Waals surface area contributed by atoms with E-state index in [1.165, 1.54) is 35.1 Å². The van der Waals surface area contributed by atoms with Crippen molar-refractivity contribution in [1.29, 1.82) is 0 Å². The summed E-state index contributed by atoms with van der Waals surface area (Å²) in [6, 6.07) is 17.7. The summed E-state index contributed by atoms with van der Waals surface area (Å²) in [6.07, 6.45) is 8.81. The number of hydrogen-bond acceptors (Lipinski definition) is 7. The first kappa shape index (κ1) is 25.5. The molecule has 6 rings (SSSR count). The fourth-order valence-corrected chi connectivity index (χ4v) is 5.82. The third-order valence-electron chi connectivity index (χ3n) is 8.02. The van der Waals surface area contributed by atoms with Gasteiger partial charge in [-0.25, -0.2) is 0 Å². The molecule has 1 atom stereocenters. The third kappa shape index (κ3) is 5.66. The maximum Gasteiger partial charge on any atom is 0.248 e. The Bertz CT molecular complexity index is 1460. The van der Waals surface area contributed by atoms with E-state index in [9.17, 15) is 0 Å². The Morgan fingerprint density at radius 3 is 2.62 bits per heavy atom. The second-order valence-corrected chi connectivity index (χ2v) is 11.3. The Morgan fingerprint density at radius 1 is 0.923 bits per heavy atom. The van der Waals surface area contributed by atoms with Gasteiger partial charge in [-0.15, -0.1) is 15.3 Å². The van der Waals surface area contributed by atoms with Crippen molar-refractivity contribution in [3.63, 3.8) is 0 Å². The minimum atomic E-state index is 0.283. The Morgan fingerprint density at radius 2 is 1.74 bits per heavy atom. The smallest absolute Gasteiger partial charge is 0.248 e. The van der Waals surface area contributed by atoms with Crippen LogP contribution >= 0.6 is 0 Å². The van der Waals surface area contributed by atoms with Crippen LogP contribution in [0.5, 0.6) is 0 Å². The van der Waals surface area contributed by atoms with Crippen LogP contribution in [0, 0.1) is 5.92 Å². The van der Waals surface area contributed by atoms with E-state index in [0.717, 1.165) is 67.9 Å². The number of benzene rings is 2. The molecule has 0 saturated carbocycles. The molecular weight excluding hydrogens is 484 g/mol. The van der Waals surface area contributed by atoms with Gasteiger partial charge in [0.25, 0.3) is 0 Å². The maximum atomic E-state index is 6.29. The Balaban J connectivity index is 1.17. The summed E-state index contributed by atoms with van der Waals surface area (Å²) >= 11 is 0. The molecule has 202 valence electrons. The lowest BCUT2D eigenvalue weighted by Gasteiger charge is -2.16. The van der Waals surface area contributed by atoms with Gasteiger partial charge in [-0.2, -0.15) is 9.67 Å². The van der Waals surface area contributed by atoms with Crippen molar-refractivity contribution in [1.82, 2.24) is 30.3 Å². The largest absolute Gasteiger partial charge is 0.368 e. The van der Waals surface area contributed by atoms with Crippen molar-refractivity contribution in [3.8, 4) is 17.1 Å². The fraction of sp³-hybridized carbons (Fsp3) is 0.419. The highest BCUT2D eigenvalue weighted by atomic mass is 15.4. The molecule has 2 aromatic heterocycles. The normalized spacial score (nSPS) is 16.6.